The molecule has 0 aromatic carbocycles. The van der Waals surface area contributed by atoms with Crippen LogP contribution in [0, 0.1) is 17.8 Å². The molecular weight excluding hydrogens is 210 g/mol. The van der Waals surface area contributed by atoms with Gasteiger partial charge in [-0.2, -0.15) is 0 Å². The third kappa shape index (κ3) is 2.39. The average molecular weight is 233 g/mol. The van der Waals surface area contributed by atoms with Gasteiger partial charge in [0, 0.05) is 25.2 Å². The summed E-state index contributed by atoms with van der Waals surface area (Å²) in [4.78, 5) is 4.44. The van der Waals surface area contributed by atoms with Crippen molar-refractivity contribution in [2.45, 2.75) is 51.6 Å². The molecule has 1 heterocycles. The van der Waals surface area contributed by atoms with E-state index in [1.54, 1.807) is 0 Å². The van der Waals surface area contributed by atoms with Gasteiger partial charge in [-0.25, -0.2) is 4.98 Å². The van der Waals surface area contributed by atoms with Crippen LogP contribution in [0.15, 0.2) is 12.5 Å². The first-order valence-electron chi connectivity index (χ1n) is 6.97. The third-order valence-electron chi connectivity index (χ3n) is 4.55. The van der Waals surface area contributed by atoms with Crippen molar-refractivity contribution in [3.63, 3.8) is 0 Å². The molecule has 1 aromatic rings. The summed E-state index contributed by atoms with van der Waals surface area (Å²) in [5.41, 5.74) is 6.94. The Balaban J connectivity index is 1.60. The molecule has 4 atom stereocenters. The monoisotopic (exact) mass is 233 g/mol. The normalized spacial score (nSPS) is 33.2. The van der Waals surface area contributed by atoms with E-state index in [0.29, 0.717) is 0 Å². The van der Waals surface area contributed by atoms with Gasteiger partial charge in [0.1, 0.15) is 0 Å². The molecule has 0 saturated heterocycles. The lowest BCUT2D eigenvalue weighted by atomic mass is 9.89. The second-order valence-corrected chi connectivity index (χ2v) is 6.18. The molecule has 2 N–H and O–H groups in total. The fourth-order valence-electron chi connectivity index (χ4n) is 3.81. The molecule has 3 heteroatoms. The largest absolute Gasteiger partial charge is 0.337 e. The maximum Gasteiger partial charge on any atom is 0.0949 e. The van der Waals surface area contributed by atoms with E-state index in [1.165, 1.54) is 32.2 Å². The highest BCUT2D eigenvalue weighted by atomic mass is 15.0. The quantitative estimate of drug-likeness (QED) is 0.866. The Morgan fingerprint density at radius 1 is 1.47 bits per heavy atom. The van der Waals surface area contributed by atoms with Gasteiger partial charge in [-0.3, -0.25) is 0 Å². The van der Waals surface area contributed by atoms with E-state index in [4.69, 9.17) is 5.73 Å². The lowest BCUT2D eigenvalue weighted by Gasteiger charge is -2.21. The first kappa shape index (κ1) is 11.3. The van der Waals surface area contributed by atoms with Gasteiger partial charge >= 0.3 is 0 Å². The molecule has 2 bridgehead atoms. The van der Waals surface area contributed by atoms with Crippen LogP contribution in [-0.4, -0.2) is 15.6 Å². The van der Waals surface area contributed by atoms with Crippen LogP contribution in [0.2, 0.25) is 0 Å². The predicted octanol–water partition coefficient (Wildman–Crippen LogP) is 2.21. The van der Waals surface area contributed by atoms with Crippen LogP contribution in [0.1, 0.15) is 38.3 Å². The summed E-state index contributed by atoms with van der Waals surface area (Å²) in [5.74, 6) is 2.95. The minimum atomic E-state index is 0.209. The van der Waals surface area contributed by atoms with E-state index < -0.39 is 0 Å². The van der Waals surface area contributed by atoms with Gasteiger partial charge in [-0.1, -0.05) is 6.42 Å². The minimum absolute atomic E-state index is 0.209. The Morgan fingerprint density at radius 2 is 2.35 bits per heavy atom. The zero-order valence-electron chi connectivity index (χ0n) is 10.7. The van der Waals surface area contributed by atoms with Gasteiger partial charge in [0.05, 0.1) is 12.0 Å². The Hall–Kier alpha value is -0.830. The first-order chi connectivity index (χ1) is 8.20. The first-order valence-corrected chi connectivity index (χ1v) is 6.97. The van der Waals surface area contributed by atoms with Crippen molar-refractivity contribution < 1.29 is 0 Å². The standard InChI is InChI=1S/C14H23N3/c1-10(15)4-14-8-17(9-16-14)7-13-6-11-2-3-12(13)5-11/h8-13H,2-7,15H2,1H3. The van der Waals surface area contributed by atoms with Gasteiger partial charge in [0.15, 0.2) is 0 Å². The van der Waals surface area contributed by atoms with Crippen LogP contribution < -0.4 is 5.73 Å². The van der Waals surface area contributed by atoms with Crippen molar-refractivity contribution in [2.75, 3.05) is 0 Å². The Labute approximate surface area is 103 Å². The van der Waals surface area contributed by atoms with E-state index in [0.717, 1.165) is 29.9 Å². The lowest BCUT2D eigenvalue weighted by Crippen LogP contribution is -2.18. The summed E-state index contributed by atoms with van der Waals surface area (Å²) >= 11 is 0. The molecule has 1 aromatic heterocycles. The van der Waals surface area contributed by atoms with E-state index >= 15 is 0 Å². The number of rotatable bonds is 4. The molecule has 2 aliphatic rings. The molecule has 0 spiro atoms. The summed E-state index contributed by atoms with van der Waals surface area (Å²) in [6.07, 6.45) is 11.0. The average Bonchev–Trinajstić information content (AvgIpc) is 2.94. The molecule has 0 aliphatic heterocycles. The van der Waals surface area contributed by atoms with Gasteiger partial charge < -0.3 is 10.3 Å². The van der Waals surface area contributed by atoms with E-state index in [2.05, 4.69) is 15.7 Å². The molecule has 4 unspecified atom stereocenters. The highest BCUT2D eigenvalue weighted by Crippen LogP contribution is 2.48. The number of nitrogens with two attached hydrogens (primary N) is 1. The predicted molar refractivity (Wildman–Crippen MR) is 68.5 cm³/mol. The Morgan fingerprint density at radius 3 is 3.00 bits per heavy atom. The molecule has 17 heavy (non-hydrogen) atoms. The molecule has 0 radical (unpaired) electrons. The molecule has 0 amide bonds. The van der Waals surface area contributed by atoms with E-state index in [-0.39, 0.29) is 6.04 Å². The van der Waals surface area contributed by atoms with Crippen LogP contribution in [-0.2, 0) is 13.0 Å². The summed E-state index contributed by atoms with van der Waals surface area (Å²) in [5, 5.41) is 0. The summed E-state index contributed by atoms with van der Waals surface area (Å²) in [7, 11) is 0. The summed E-state index contributed by atoms with van der Waals surface area (Å²) in [6, 6.07) is 0.209. The van der Waals surface area contributed by atoms with Gasteiger partial charge in [0.2, 0.25) is 0 Å². The van der Waals surface area contributed by atoms with Gasteiger partial charge in [-0.05, 0) is 43.9 Å². The van der Waals surface area contributed by atoms with Gasteiger partial charge in [0.25, 0.3) is 0 Å². The maximum absolute atomic E-state index is 5.80. The summed E-state index contributed by atoms with van der Waals surface area (Å²) in [6.45, 7) is 3.21. The van der Waals surface area contributed by atoms with Crippen LogP contribution in [0.25, 0.3) is 0 Å². The Bertz CT molecular complexity index is 383. The fourth-order valence-corrected chi connectivity index (χ4v) is 3.81. The second-order valence-electron chi connectivity index (χ2n) is 6.18. The van der Waals surface area contributed by atoms with Crippen LogP contribution in [0.5, 0.6) is 0 Å². The van der Waals surface area contributed by atoms with E-state index in [1.807, 2.05) is 13.3 Å². The van der Waals surface area contributed by atoms with Crippen molar-refractivity contribution in [1.82, 2.24) is 9.55 Å². The van der Waals surface area contributed by atoms with Crippen molar-refractivity contribution in [3.05, 3.63) is 18.2 Å². The van der Waals surface area contributed by atoms with Crippen molar-refractivity contribution >= 4 is 0 Å². The lowest BCUT2D eigenvalue weighted by molar-refractivity contribution is 0.295. The van der Waals surface area contributed by atoms with Crippen LogP contribution in [0.4, 0.5) is 0 Å². The molecule has 94 valence electrons. The summed E-state index contributed by atoms with van der Waals surface area (Å²) < 4.78 is 2.28. The fraction of sp³-hybridized carbons (Fsp3) is 0.786. The zero-order valence-corrected chi connectivity index (χ0v) is 10.7. The minimum Gasteiger partial charge on any atom is -0.337 e. The van der Waals surface area contributed by atoms with Crippen molar-refractivity contribution in [3.8, 4) is 0 Å². The van der Waals surface area contributed by atoms with Crippen molar-refractivity contribution in [2.24, 2.45) is 23.5 Å². The number of fused-ring (bicyclic) bond motifs is 2. The molecule has 2 saturated carbocycles. The van der Waals surface area contributed by atoms with Crippen LogP contribution >= 0.6 is 0 Å². The highest BCUT2D eigenvalue weighted by Gasteiger charge is 2.39. The highest BCUT2D eigenvalue weighted by molar-refractivity contribution is 5.00. The molecule has 2 aliphatic carbocycles. The number of aromatic nitrogens is 2. The smallest absolute Gasteiger partial charge is 0.0949 e. The molecule has 3 nitrogen and oxygen atoms in total. The van der Waals surface area contributed by atoms with Gasteiger partial charge in [-0.15, -0.1) is 0 Å². The molecule has 3 rings (SSSR count). The third-order valence-corrected chi connectivity index (χ3v) is 4.55. The SMILES string of the molecule is CC(N)Cc1cn(CC2CC3CCC2C3)cn1. The zero-order chi connectivity index (χ0) is 11.8. The number of nitrogens with zero attached hydrogens (tertiary/aromatic N) is 2. The maximum atomic E-state index is 5.80. The molecule has 2 fully saturated rings. The number of hydrogen-bond donors (Lipinski definition) is 1. The molecular formula is C14H23N3. The topological polar surface area (TPSA) is 43.8 Å². The van der Waals surface area contributed by atoms with Crippen molar-refractivity contribution in [1.29, 1.82) is 0 Å². The number of hydrogen-bond acceptors (Lipinski definition) is 2. The number of imidazole rings is 1. The van der Waals surface area contributed by atoms with E-state index in [9.17, 15) is 0 Å². The Kier molecular flexibility index (Phi) is 2.95. The second kappa shape index (κ2) is 4.45. The van der Waals surface area contributed by atoms with Crippen LogP contribution in [0.3, 0.4) is 0 Å².